The van der Waals surface area contributed by atoms with Crippen molar-refractivity contribution in [3.8, 4) is 0 Å². The SMILES string of the molecule is CNc1cncc(NC2CCC(C)CC2)c1. The molecule has 1 aliphatic rings. The number of pyridine rings is 1. The maximum absolute atomic E-state index is 4.21. The van der Waals surface area contributed by atoms with E-state index < -0.39 is 0 Å². The molecule has 1 heterocycles. The van der Waals surface area contributed by atoms with Gasteiger partial charge in [-0.1, -0.05) is 6.92 Å². The maximum atomic E-state index is 4.21. The Morgan fingerprint density at radius 2 is 1.81 bits per heavy atom. The average Bonchev–Trinajstić information content (AvgIpc) is 2.32. The molecule has 1 aromatic heterocycles. The molecule has 1 saturated carbocycles. The van der Waals surface area contributed by atoms with Crippen LogP contribution in [0.25, 0.3) is 0 Å². The van der Waals surface area contributed by atoms with E-state index >= 15 is 0 Å². The third-order valence-electron chi connectivity index (χ3n) is 3.41. The molecular weight excluding hydrogens is 198 g/mol. The normalized spacial score (nSPS) is 25.1. The number of aromatic nitrogens is 1. The van der Waals surface area contributed by atoms with Crippen molar-refractivity contribution in [1.82, 2.24) is 4.98 Å². The summed E-state index contributed by atoms with van der Waals surface area (Å²) in [4.78, 5) is 4.21. The Morgan fingerprint density at radius 3 is 2.50 bits per heavy atom. The number of nitrogens with one attached hydrogen (secondary N) is 2. The Labute approximate surface area is 97.7 Å². The van der Waals surface area contributed by atoms with E-state index in [-0.39, 0.29) is 0 Å². The minimum absolute atomic E-state index is 0.630. The Hall–Kier alpha value is -1.25. The van der Waals surface area contributed by atoms with Gasteiger partial charge < -0.3 is 10.6 Å². The molecule has 0 unspecified atom stereocenters. The highest BCUT2D eigenvalue weighted by Crippen LogP contribution is 2.26. The first-order chi connectivity index (χ1) is 7.78. The molecule has 0 spiro atoms. The van der Waals surface area contributed by atoms with Gasteiger partial charge in [0.1, 0.15) is 0 Å². The van der Waals surface area contributed by atoms with Crippen LogP contribution in [0.1, 0.15) is 32.6 Å². The molecule has 3 nitrogen and oxygen atoms in total. The lowest BCUT2D eigenvalue weighted by Gasteiger charge is -2.27. The van der Waals surface area contributed by atoms with E-state index in [0.29, 0.717) is 6.04 Å². The molecule has 1 aliphatic carbocycles. The molecule has 0 saturated heterocycles. The van der Waals surface area contributed by atoms with Gasteiger partial charge in [-0.15, -0.1) is 0 Å². The van der Waals surface area contributed by atoms with Gasteiger partial charge in [0.15, 0.2) is 0 Å². The van der Waals surface area contributed by atoms with Crippen LogP contribution >= 0.6 is 0 Å². The van der Waals surface area contributed by atoms with Gasteiger partial charge in [0, 0.05) is 13.1 Å². The third-order valence-corrected chi connectivity index (χ3v) is 3.41. The third kappa shape index (κ3) is 2.87. The number of nitrogens with zero attached hydrogens (tertiary/aromatic N) is 1. The lowest BCUT2D eigenvalue weighted by molar-refractivity contribution is 0.361. The first kappa shape index (κ1) is 11.2. The van der Waals surface area contributed by atoms with E-state index in [1.54, 1.807) is 0 Å². The molecule has 2 N–H and O–H groups in total. The van der Waals surface area contributed by atoms with Crippen LogP contribution in [0.3, 0.4) is 0 Å². The molecule has 0 bridgehead atoms. The zero-order chi connectivity index (χ0) is 11.4. The highest BCUT2D eigenvalue weighted by molar-refractivity contribution is 5.54. The minimum Gasteiger partial charge on any atom is -0.387 e. The first-order valence-electron chi connectivity index (χ1n) is 6.17. The highest BCUT2D eigenvalue weighted by Gasteiger charge is 2.17. The predicted octanol–water partition coefficient (Wildman–Crippen LogP) is 3.11. The summed E-state index contributed by atoms with van der Waals surface area (Å²) in [7, 11) is 1.92. The van der Waals surface area contributed by atoms with E-state index in [1.165, 1.54) is 25.7 Å². The molecule has 0 aliphatic heterocycles. The van der Waals surface area contributed by atoms with Gasteiger partial charge in [-0.05, 0) is 37.7 Å². The predicted molar refractivity (Wildman–Crippen MR) is 68.8 cm³/mol. The van der Waals surface area contributed by atoms with Crippen LogP contribution in [-0.2, 0) is 0 Å². The fourth-order valence-electron chi connectivity index (χ4n) is 2.30. The van der Waals surface area contributed by atoms with Crippen molar-refractivity contribution in [1.29, 1.82) is 0 Å². The van der Waals surface area contributed by atoms with Crippen molar-refractivity contribution in [2.75, 3.05) is 17.7 Å². The van der Waals surface area contributed by atoms with E-state index in [1.807, 2.05) is 19.4 Å². The Bertz CT molecular complexity index is 330. The first-order valence-corrected chi connectivity index (χ1v) is 6.17. The smallest absolute Gasteiger partial charge is 0.0549 e. The van der Waals surface area contributed by atoms with Gasteiger partial charge in [-0.2, -0.15) is 0 Å². The molecule has 0 aromatic carbocycles. The second kappa shape index (κ2) is 5.19. The number of hydrogen-bond donors (Lipinski definition) is 2. The monoisotopic (exact) mass is 219 g/mol. The molecule has 0 atom stereocenters. The molecule has 0 radical (unpaired) electrons. The van der Waals surface area contributed by atoms with Crippen LogP contribution in [0.15, 0.2) is 18.5 Å². The van der Waals surface area contributed by atoms with Gasteiger partial charge in [0.25, 0.3) is 0 Å². The quantitative estimate of drug-likeness (QED) is 0.820. The van der Waals surface area contributed by atoms with Crippen molar-refractivity contribution < 1.29 is 0 Å². The summed E-state index contributed by atoms with van der Waals surface area (Å²) in [6.45, 7) is 2.35. The van der Waals surface area contributed by atoms with Gasteiger partial charge in [-0.25, -0.2) is 0 Å². The fraction of sp³-hybridized carbons (Fsp3) is 0.615. The lowest BCUT2D eigenvalue weighted by Crippen LogP contribution is -2.25. The maximum Gasteiger partial charge on any atom is 0.0549 e. The Kier molecular flexibility index (Phi) is 3.65. The van der Waals surface area contributed by atoms with Gasteiger partial charge in [-0.3, -0.25) is 4.98 Å². The zero-order valence-corrected chi connectivity index (χ0v) is 10.2. The summed E-state index contributed by atoms with van der Waals surface area (Å²) in [5.74, 6) is 0.903. The van der Waals surface area contributed by atoms with E-state index in [4.69, 9.17) is 0 Å². The van der Waals surface area contributed by atoms with Crippen LogP contribution in [-0.4, -0.2) is 18.1 Å². The van der Waals surface area contributed by atoms with Crippen LogP contribution in [0, 0.1) is 5.92 Å². The molecule has 1 aromatic rings. The topological polar surface area (TPSA) is 37.0 Å². The summed E-state index contributed by atoms with van der Waals surface area (Å²) < 4.78 is 0. The van der Waals surface area contributed by atoms with E-state index in [0.717, 1.165) is 17.3 Å². The highest BCUT2D eigenvalue weighted by atomic mass is 14.9. The van der Waals surface area contributed by atoms with Gasteiger partial charge >= 0.3 is 0 Å². The second-order valence-electron chi connectivity index (χ2n) is 4.81. The number of rotatable bonds is 3. The molecule has 88 valence electrons. The van der Waals surface area contributed by atoms with Crippen molar-refractivity contribution in [2.45, 2.75) is 38.6 Å². The van der Waals surface area contributed by atoms with Crippen LogP contribution in [0.4, 0.5) is 11.4 Å². The average molecular weight is 219 g/mol. The Morgan fingerprint density at radius 1 is 1.12 bits per heavy atom. The minimum atomic E-state index is 0.630. The van der Waals surface area contributed by atoms with Crippen LogP contribution < -0.4 is 10.6 Å². The van der Waals surface area contributed by atoms with Crippen LogP contribution in [0.2, 0.25) is 0 Å². The summed E-state index contributed by atoms with van der Waals surface area (Å²) in [5.41, 5.74) is 2.19. The van der Waals surface area contributed by atoms with Crippen molar-refractivity contribution in [3.63, 3.8) is 0 Å². The van der Waals surface area contributed by atoms with Crippen molar-refractivity contribution >= 4 is 11.4 Å². The van der Waals surface area contributed by atoms with Crippen molar-refractivity contribution in [2.24, 2.45) is 5.92 Å². The van der Waals surface area contributed by atoms with E-state index in [2.05, 4.69) is 28.6 Å². The van der Waals surface area contributed by atoms with Crippen molar-refractivity contribution in [3.05, 3.63) is 18.5 Å². The number of anilines is 2. The molecular formula is C13H21N3. The largest absolute Gasteiger partial charge is 0.387 e. The summed E-state index contributed by atoms with van der Waals surface area (Å²) in [6.07, 6.45) is 9.00. The van der Waals surface area contributed by atoms with Crippen LogP contribution in [0.5, 0.6) is 0 Å². The standard InChI is InChI=1S/C13H21N3/c1-10-3-5-11(6-4-10)16-13-7-12(14-2)8-15-9-13/h7-11,14,16H,3-6H2,1-2H3. The molecule has 16 heavy (non-hydrogen) atoms. The lowest BCUT2D eigenvalue weighted by atomic mass is 9.87. The second-order valence-corrected chi connectivity index (χ2v) is 4.81. The van der Waals surface area contributed by atoms with Gasteiger partial charge in [0.2, 0.25) is 0 Å². The zero-order valence-electron chi connectivity index (χ0n) is 10.2. The fourth-order valence-corrected chi connectivity index (χ4v) is 2.30. The molecule has 1 fully saturated rings. The summed E-state index contributed by atoms with van der Waals surface area (Å²) >= 11 is 0. The van der Waals surface area contributed by atoms with E-state index in [9.17, 15) is 0 Å². The Balaban J connectivity index is 1.93. The molecule has 2 rings (SSSR count). The number of hydrogen-bond acceptors (Lipinski definition) is 3. The molecule has 3 heteroatoms. The summed E-state index contributed by atoms with van der Waals surface area (Å²) in [6, 6.07) is 2.75. The van der Waals surface area contributed by atoms with Gasteiger partial charge in [0.05, 0.1) is 23.8 Å². The summed E-state index contributed by atoms with van der Waals surface area (Å²) in [5, 5.41) is 6.68. The molecule has 0 amide bonds.